The lowest BCUT2D eigenvalue weighted by molar-refractivity contribution is 1.55. The Morgan fingerprint density at radius 2 is 2.11 bits per heavy atom. The van der Waals surface area contributed by atoms with Gasteiger partial charge in [0.15, 0.2) is 0 Å². The van der Waals surface area contributed by atoms with Gasteiger partial charge in [0, 0.05) is 10.2 Å². The highest BCUT2D eigenvalue weighted by molar-refractivity contribution is 9.10. The van der Waals surface area contributed by atoms with E-state index in [1.165, 1.54) is 0 Å². The third-order valence-electron chi connectivity index (χ3n) is 1.07. The summed E-state index contributed by atoms with van der Waals surface area (Å²) >= 11 is 3.31. The Morgan fingerprint density at radius 1 is 1.44 bits per heavy atom. The molecule has 0 fully saturated rings. The van der Waals surface area contributed by atoms with Crippen LogP contribution in [0.2, 0.25) is 0 Å². The highest BCUT2D eigenvalue weighted by Gasteiger charge is 1.91. The fourth-order valence-electron chi connectivity index (χ4n) is 0.595. The largest absolute Gasteiger partial charge is 0.399 e. The molecule has 0 spiro atoms. The summed E-state index contributed by atoms with van der Waals surface area (Å²) in [5, 5.41) is 0. The molecular weight excluding hydrogens is 178 g/mol. The number of halogens is 1. The van der Waals surface area contributed by atoms with E-state index in [0.29, 0.717) is 0 Å². The van der Waals surface area contributed by atoms with Crippen LogP contribution in [0, 0.1) is 6.92 Å². The SMILES string of the molecule is [CH2]c1cc(N)ccc1Br. The van der Waals surface area contributed by atoms with Crippen molar-refractivity contribution in [2.45, 2.75) is 0 Å². The Balaban J connectivity index is 3.17. The Labute approximate surface area is 63.0 Å². The quantitative estimate of drug-likeness (QED) is 0.616. The lowest BCUT2D eigenvalue weighted by Crippen LogP contribution is -1.84. The Morgan fingerprint density at radius 3 is 2.56 bits per heavy atom. The second-order valence-electron chi connectivity index (χ2n) is 1.85. The van der Waals surface area contributed by atoms with Crippen LogP contribution < -0.4 is 5.73 Å². The first-order chi connectivity index (χ1) is 4.20. The lowest BCUT2D eigenvalue weighted by Gasteiger charge is -1.96. The standard InChI is InChI=1S/C7H7BrN/c1-5-4-6(9)2-3-7(5)8/h2-4H,1,9H2. The molecule has 0 saturated carbocycles. The van der Waals surface area contributed by atoms with E-state index in [1.807, 2.05) is 18.2 Å². The van der Waals surface area contributed by atoms with Gasteiger partial charge in [-0.2, -0.15) is 0 Å². The number of rotatable bonds is 0. The second kappa shape index (κ2) is 2.40. The third kappa shape index (κ3) is 1.45. The van der Waals surface area contributed by atoms with Crippen molar-refractivity contribution in [2.75, 3.05) is 5.73 Å². The summed E-state index contributed by atoms with van der Waals surface area (Å²) in [6.07, 6.45) is 0. The van der Waals surface area contributed by atoms with Crippen LogP contribution >= 0.6 is 15.9 Å². The minimum atomic E-state index is 0.753. The zero-order chi connectivity index (χ0) is 6.85. The molecule has 0 aliphatic carbocycles. The van der Waals surface area contributed by atoms with Crippen molar-refractivity contribution in [2.24, 2.45) is 0 Å². The normalized spacial score (nSPS) is 9.56. The van der Waals surface area contributed by atoms with Gasteiger partial charge in [0.25, 0.3) is 0 Å². The van der Waals surface area contributed by atoms with E-state index >= 15 is 0 Å². The maximum absolute atomic E-state index is 5.47. The average molecular weight is 185 g/mol. The summed E-state index contributed by atoms with van der Waals surface area (Å²) < 4.78 is 0.997. The Bertz CT molecular complexity index is 220. The molecule has 9 heavy (non-hydrogen) atoms. The van der Waals surface area contributed by atoms with Gasteiger partial charge in [0.2, 0.25) is 0 Å². The number of nitrogen functional groups attached to an aromatic ring is 1. The summed E-state index contributed by atoms with van der Waals surface area (Å²) in [6.45, 7) is 3.75. The predicted molar refractivity (Wildman–Crippen MR) is 43.0 cm³/mol. The van der Waals surface area contributed by atoms with Gasteiger partial charge in [-0.15, -0.1) is 0 Å². The van der Waals surface area contributed by atoms with E-state index in [1.54, 1.807) is 0 Å². The lowest BCUT2D eigenvalue weighted by atomic mass is 10.2. The molecule has 0 unspecified atom stereocenters. The zero-order valence-corrected chi connectivity index (χ0v) is 6.48. The minimum Gasteiger partial charge on any atom is -0.399 e. The summed E-state index contributed by atoms with van der Waals surface area (Å²) in [5.41, 5.74) is 7.15. The van der Waals surface area contributed by atoms with Crippen molar-refractivity contribution in [3.63, 3.8) is 0 Å². The minimum absolute atomic E-state index is 0.753. The van der Waals surface area contributed by atoms with Crippen molar-refractivity contribution < 1.29 is 0 Å². The number of hydrogen-bond acceptors (Lipinski definition) is 1. The highest BCUT2D eigenvalue weighted by atomic mass is 79.9. The maximum atomic E-state index is 5.47. The molecule has 0 bridgehead atoms. The van der Waals surface area contributed by atoms with E-state index in [0.717, 1.165) is 15.7 Å². The second-order valence-corrected chi connectivity index (χ2v) is 2.71. The number of hydrogen-bond donors (Lipinski definition) is 1. The van der Waals surface area contributed by atoms with Crippen LogP contribution in [0.25, 0.3) is 0 Å². The predicted octanol–water partition coefficient (Wildman–Crippen LogP) is 2.21. The molecule has 0 aliphatic heterocycles. The summed E-state index contributed by atoms with van der Waals surface area (Å²) in [4.78, 5) is 0. The smallest absolute Gasteiger partial charge is 0.0317 e. The monoisotopic (exact) mass is 184 g/mol. The molecule has 2 heteroatoms. The molecule has 1 aromatic carbocycles. The molecule has 1 radical (unpaired) electrons. The molecule has 2 N–H and O–H groups in total. The highest BCUT2D eigenvalue weighted by Crippen LogP contribution is 2.17. The van der Waals surface area contributed by atoms with E-state index in [4.69, 9.17) is 5.73 Å². The van der Waals surface area contributed by atoms with E-state index in [-0.39, 0.29) is 0 Å². The summed E-state index contributed by atoms with van der Waals surface area (Å²) in [5.74, 6) is 0. The van der Waals surface area contributed by atoms with Crippen molar-refractivity contribution in [1.82, 2.24) is 0 Å². The molecule has 0 saturated heterocycles. The third-order valence-corrected chi connectivity index (χ3v) is 1.84. The Hall–Kier alpha value is -0.500. The van der Waals surface area contributed by atoms with Crippen LogP contribution in [-0.2, 0) is 0 Å². The van der Waals surface area contributed by atoms with Gasteiger partial charge in [0.05, 0.1) is 0 Å². The van der Waals surface area contributed by atoms with Crippen LogP contribution in [0.4, 0.5) is 5.69 Å². The van der Waals surface area contributed by atoms with Crippen LogP contribution in [0.3, 0.4) is 0 Å². The fraction of sp³-hybridized carbons (Fsp3) is 0. The first kappa shape index (κ1) is 6.62. The number of nitrogens with two attached hydrogens (primary N) is 1. The van der Waals surface area contributed by atoms with Gasteiger partial charge in [-0.25, -0.2) is 0 Å². The van der Waals surface area contributed by atoms with Gasteiger partial charge in [-0.05, 0) is 30.7 Å². The van der Waals surface area contributed by atoms with Crippen molar-refractivity contribution in [3.05, 3.63) is 35.2 Å². The molecule has 47 valence electrons. The summed E-state index contributed by atoms with van der Waals surface area (Å²) in [6, 6.07) is 5.54. The number of benzene rings is 1. The molecule has 0 heterocycles. The van der Waals surface area contributed by atoms with Crippen LogP contribution in [0.1, 0.15) is 5.56 Å². The molecule has 0 aromatic heterocycles. The molecule has 0 amide bonds. The first-order valence-corrected chi connectivity index (χ1v) is 3.36. The molecule has 1 rings (SSSR count). The van der Waals surface area contributed by atoms with Crippen LogP contribution in [0.5, 0.6) is 0 Å². The van der Waals surface area contributed by atoms with Crippen LogP contribution in [0.15, 0.2) is 22.7 Å². The van der Waals surface area contributed by atoms with Crippen molar-refractivity contribution >= 4 is 21.6 Å². The Kier molecular flexibility index (Phi) is 1.76. The molecule has 1 nitrogen and oxygen atoms in total. The van der Waals surface area contributed by atoms with E-state index in [9.17, 15) is 0 Å². The molecule has 1 aromatic rings. The fourth-order valence-corrected chi connectivity index (χ4v) is 0.841. The topological polar surface area (TPSA) is 26.0 Å². The zero-order valence-electron chi connectivity index (χ0n) is 4.89. The van der Waals surface area contributed by atoms with Crippen molar-refractivity contribution in [1.29, 1.82) is 0 Å². The maximum Gasteiger partial charge on any atom is 0.0317 e. The molecule has 0 atom stereocenters. The molecule has 0 aliphatic rings. The van der Waals surface area contributed by atoms with Crippen LogP contribution in [-0.4, -0.2) is 0 Å². The van der Waals surface area contributed by atoms with Gasteiger partial charge in [-0.1, -0.05) is 15.9 Å². The van der Waals surface area contributed by atoms with E-state index < -0.39 is 0 Å². The van der Waals surface area contributed by atoms with Gasteiger partial charge >= 0.3 is 0 Å². The first-order valence-electron chi connectivity index (χ1n) is 2.57. The van der Waals surface area contributed by atoms with E-state index in [2.05, 4.69) is 22.9 Å². The number of anilines is 1. The van der Waals surface area contributed by atoms with Crippen molar-refractivity contribution in [3.8, 4) is 0 Å². The summed E-state index contributed by atoms with van der Waals surface area (Å²) in [7, 11) is 0. The van der Waals surface area contributed by atoms with Gasteiger partial charge in [-0.3, -0.25) is 0 Å². The van der Waals surface area contributed by atoms with Gasteiger partial charge < -0.3 is 5.73 Å². The average Bonchev–Trinajstić information content (AvgIpc) is 1.80. The molecular formula is C7H7BrN. The van der Waals surface area contributed by atoms with Gasteiger partial charge in [0.1, 0.15) is 0 Å².